The van der Waals surface area contributed by atoms with Crippen LogP contribution in [0.3, 0.4) is 0 Å². The van der Waals surface area contributed by atoms with Gasteiger partial charge in [0.15, 0.2) is 0 Å². The van der Waals surface area contributed by atoms with Crippen LogP contribution >= 0.6 is 0 Å². The Labute approximate surface area is 160 Å². The molecule has 7 heteroatoms. The SMILES string of the molecule is COC(=O)[C@@H]1CCCN1C(=O)[C@H](Cc1ccccc1)NC(=O)OC(C)(C)C. The molecule has 0 radical (unpaired) electrons. The zero-order chi connectivity index (χ0) is 20.0. The number of hydrogen-bond donors (Lipinski definition) is 1. The highest BCUT2D eigenvalue weighted by Gasteiger charge is 2.38. The van der Waals surface area contributed by atoms with Crippen molar-refractivity contribution in [2.75, 3.05) is 13.7 Å². The molecule has 0 bridgehead atoms. The number of carbonyl (C=O) groups excluding carboxylic acids is 3. The molecule has 0 aromatic heterocycles. The molecule has 1 aliphatic heterocycles. The van der Waals surface area contributed by atoms with Crippen molar-refractivity contribution >= 4 is 18.0 Å². The lowest BCUT2D eigenvalue weighted by molar-refractivity contribution is -0.151. The Morgan fingerprint density at radius 1 is 1.22 bits per heavy atom. The Kier molecular flexibility index (Phi) is 6.82. The number of alkyl carbamates (subject to hydrolysis) is 1. The lowest BCUT2D eigenvalue weighted by Crippen LogP contribution is -2.53. The molecular formula is C20H28N2O5. The molecule has 0 spiro atoms. The van der Waals surface area contributed by atoms with Crippen LogP contribution in [-0.4, -0.2) is 54.2 Å². The summed E-state index contributed by atoms with van der Waals surface area (Å²) in [5.41, 5.74) is 0.229. The second-order valence-corrected chi connectivity index (χ2v) is 7.60. The number of benzene rings is 1. The second-order valence-electron chi connectivity index (χ2n) is 7.60. The fourth-order valence-electron chi connectivity index (χ4n) is 3.11. The maximum Gasteiger partial charge on any atom is 0.408 e. The molecule has 7 nitrogen and oxygen atoms in total. The van der Waals surface area contributed by atoms with Gasteiger partial charge in [-0.05, 0) is 39.2 Å². The molecule has 1 heterocycles. The molecule has 0 aliphatic carbocycles. The first-order valence-electron chi connectivity index (χ1n) is 9.13. The van der Waals surface area contributed by atoms with E-state index in [2.05, 4.69) is 5.32 Å². The molecular weight excluding hydrogens is 348 g/mol. The lowest BCUT2D eigenvalue weighted by Gasteiger charge is -2.29. The zero-order valence-corrected chi connectivity index (χ0v) is 16.4. The summed E-state index contributed by atoms with van der Waals surface area (Å²) in [7, 11) is 1.31. The van der Waals surface area contributed by atoms with Crippen LogP contribution in [0.1, 0.15) is 39.2 Å². The summed E-state index contributed by atoms with van der Waals surface area (Å²) in [5.74, 6) is -0.741. The summed E-state index contributed by atoms with van der Waals surface area (Å²) in [6.07, 6.45) is 0.924. The van der Waals surface area contributed by atoms with E-state index in [0.717, 1.165) is 12.0 Å². The van der Waals surface area contributed by atoms with Gasteiger partial charge in [-0.25, -0.2) is 9.59 Å². The third kappa shape index (κ3) is 5.98. The first-order chi connectivity index (χ1) is 12.7. The first kappa shape index (κ1) is 20.7. The van der Waals surface area contributed by atoms with Gasteiger partial charge in [0.1, 0.15) is 17.7 Å². The number of carbonyl (C=O) groups is 3. The summed E-state index contributed by atoms with van der Waals surface area (Å²) < 4.78 is 10.1. The van der Waals surface area contributed by atoms with E-state index < -0.39 is 29.7 Å². The smallest absolute Gasteiger partial charge is 0.408 e. The number of hydrogen-bond acceptors (Lipinski definition) is 5. The third-order valence-electron chi connectivity index (χ3n) is 4.28. The van der Waals surface area contributed by atoms with Gasteiger partial charge in [-0.1, -0.05) is 30.3 Å². The van der Waals surface area contributed by atoms with E-state index in [1.807, 2.05) is 30.3 Å². The Morgan fingerprint density at radius 3 is 2.48 bits per heavy atom. The van der Waals surface area contributed by atoms with E-state index in [1.165, 1.54) is 12.0 Å². The normalized spacial score (nSPS) is 17.9. The van der Waals surface area contributed by atoms with Crippen molar-refractivity contribution in [1.29, 1.82) is 0 Å². The van der Waals surface area contributed by atoms with Gasteiger partial charge < -0.3 is 19.7 Å². The van der Waals surface area contributed by atoms with Crippen molar-refractivity contribution in [3.63, 3.8) is 0 Å². The van der Waals surface area contributed by atoms with Gasteiger partial charge in [-0.3, -0.25) is 4.79 Å². The second kappa shape index (κ2) is 8.88. The van der Waals surface area contributed by atoms with Crippen molar-refractivity contribution in [1.82, 2.24) is 10.2 Å². The average Bonchev–Trinajstić information content (AvgIpc) is 3.08. The molecule has 2 atom stereocenters. The summed E-state index contributed by atoms with van der Waals surface area (Å²) >= 11 is 0. The number of methoxy groups -OCH3 is 1. The van der Waals surface area contributed by atoms with Crippen molar-refractivity contribution in [3.8, 4) is 0 Å². The predicted molar refractivity (Wildman–Crippen MR) is 100 cm³/mol. The Balaban J connectivity index is 2.18. The average molecular weight is 376 g/mol. The molecule has 148 valence electrons. The van der Waals surface area contributed by atoms with Crippen LogP contribution in [0.15, 0.2) is 30.3 Å². The summed E-state index contributed by atoms with van der Waals surface area (Å²) in [6.45, 7) is 5.73. The third-order valence-corrected chi connectivity index (χ3v) is 4.28. The van der Waals surface area contributed by atoms with Gasteiger partial charge in [-0.2, -0.15) is 0 Å². The van der Waals surface area contributed by atoms with E-state index >= 15 is 0 Å². The Morgan fingerprint density at radius 2 is 1.89 bits per heavy atom. The van der Waals surface area contributed by atoms with Gasteiger partial charge in [0, 0.05) is 13.0 Å². The van der Waals surface area contributed by atoms with Crippen molar-refractivity contribution in [3.05, 3.63) is 35.9 Å². The van der Waals surface area contributed by atoms with Crippen LogP contribution in [0.5, 0.6) is 0 Å². The van der Waals surface area contributed by atoms with E-state index in [-0.39, 0.29) is 5.91 Å². The van der Waals surface area contributed by atoms with Crippen molar-refractivity contribution in [2.45, 2.75) is 57.7 Å². The van der Waals surface area contributed by atoms with Crippen LogP contribution in [0, 0.1) is 0 Å². The molecule has 2 rings (SSSR count). The molecule has 1 N–H and O–H groups in total. The summed E-state index contributed by atoms with van der Waals surface area (Å²) in [4.78, 5) is 38.9. The van der Waals surface area contributed by atoms with E-state index in [9.17, 15) is 14.4 Å². The van der Waals surface area contributed by atoms with E-state index in [1.54, 1.807) is 20.8 Å². The minimum absolute atomic E-state index is 0.308. The number of nitrogens with zero attached hydrogens (tertiary/aromatic N) is 1. The quantitative estimate of drug-likeness (QED) is 0.797. The van der Waals surface area contributed by atoms with Crippen LogP contribution in [0.2, 0.25) is 0 Å². The summed E-state index contributed by atoms with van der Waals surface area (Å²) in [5, 5.41) is 2.67. The highest BCUT2D eigenvalue weighted by atomic mass is 16.6. The van der Waals surface area contributed by atoms with E-state index in [0.29, 0.717) is 19.4 Å². The fourth-order valence-corrected chi connectivity index (χ4v) is 3.11. The highest BCUT2D eigenvalue weighted by molar-refractivity contribution is 5.90. The Hall–Kier alpha value is -2.57. The molecule has 2 amide bonds. The van der Waals surface area contributed by atoms with Gasteiger partial charge in [-0.15, -0.1) is 0 Å². The number of likely N-dealkylation sites (tertiary alicyclic amines) is 1. The molecule has 1 saturated heterocycles. The predicted octanol–water partition coefficient (Wildman–Crippen LogP) is 2.29. The minimum atomic E-state index is -0.826. The number of amides is 2. The fraction of sp³-hybridized carbons (Fsp3) is 0.550. The standard InChI is InChI=1S/C20H28N2O5/c1-20(2,3)27-19(25)21-15(13-14-9-6-5-7-10-14)17(23)22-12-8-11-16(22)18(24)26-4/h5-7,9-10,15-16H,8,11-13H2,1-4H3,(H,21,25)/t15-,16-/m0/s1. The lowest BCUT2D eigenvalue weighted by atomic mass is 10.0. The molecule has 0 saturated carbocycles. The molecule has 0 unspecified atom stereocenters. The van der Waals surface area contributed by atoms with Crippen LogP contribution < -0.4 is 5.32 Å². The number of nitrogens with one attached hydrogen (secondary N) is 1. The maximum atomic E-state index is 13.1. The molecule has 1 aromatic carbocycles. The summed E-state index contributed by atoms with van der Waals surface area (Å²) in [6, 6.07) is 7.97. The van der Waals surface area contributed by atoms with Crippen molar-refractivity contribution in [2.24, 2.45) is 0 Å². The molecule has 1 fully saturated rings. The molecule has 27 heavy (non-hydrogen) atoms. The molecule has 1 aromatic rings. The van der Waals surface area contributed by atoms with Gasteiger partial charge >= 0.3 is 12.1 Å². The first-order valence-corrected chi connectivity index (χ1v) is 9.13. The zero-order valence-electron chi connectivity index (χ0n) is 16.4. The topological polar surface area (TPSA) is 84.9 Å². The van der Waals surface area contributed by atoms with Crippen molar-refractivity contribution < 1.29 is 23.9 Å². The van der Waals surface area contributed by atoms with Crippen LogP contribution in [-0.2, 0) is 25.5 Å². The van der Waals surface area contributed by atoms with Gasteiger partial charge in [0.2, 0.25) is 5.91 Å². The molecule has 1 aliphatic rings. The highest BCUT2D eigenvalue weighted by Crippen LogP contribution is 2.20. The monoisotopic (exact) mass is 376 g/mol. The minimum Gasteiger partial charge on any atom is -0.467 e. The Bertz CT molecular complexity index is 669. The van der Waals surface area contributed by atoms with Crippen LogP contribution in [0.4, 0.5) is 4.79 Å². The van der Waals surface area contributed by atoms with Gasteiger partial charge in [0.05, 0.1) is 7.11 Å². The number of rotatable bonds is 5. The van der Waals surface area contributed by atoms with Gasteiger partial charge in [0.25, 0.3) is 0 Å². The van der Waals surface area contributed by atoms with Crippen LogP contribution in [0.25, 0.3) is 0 Å². The largest absolute Gasteiger partial charge is 0.467 e. The maximum absolute atomic E-state index is 13.1. The number of esters is 1. The number of ether oxygens (including phenoxy) is 2. The van der Waals surface area contributed by atoms with E-state index in [4.69, 9.17) is 9.47 Å².